The Morgan fingerprint density at radius 3 is 2.38 bits per heavy atom. The van der Waals surface area contributed by atoms with Crippen LogP contribution in [0.1, 0.15) is 46.5 Å². The quantitative estimate of drug-likeness (QED) is 0.636. The van der Waals surface area contributed by atoms with Gasteiger partial charge in [0.15, 0.2) is 0 Å². The fraction of sp³-hybridized carbons (Fsp3) is 1.00. The van der Waals surface area contributed by atoms with E-state index >= 15 is 0 Å². The van der Waals surface area contributed by atoms with Gasteiger partial charge >= 0.3 is 0 Å². The Morgan fingerprint density at radius 2 is 1.86 bits per heavy atom. The summed E-state index contributed by atoms with van der Waals surface area (Å²) in [4.78, 5) is 2.66. The molecule has 0 aromatic heterocycles. The van der Waals surface area contributed by atoms with Gasteiger partial charge in [-0.05, 0) is 37.6 Å². The van der Waals surface area contributed by atoms with Crippen molar-refractivity contribution in [2.75, 3.05) is 53.1 Å². The van der Waals surface area contributed by atoms with Gasteiger partial charge in [0.25, 0.3) is 0 Å². The van der Waals surface area contributed by atoms with Crippen molar-refractivity contribution in [3.05, 3.63) is 0 Å². The first-order valence-corrected chi connectivity index (χ1v) is 8.72. The Hall–Kier alpha value is -0.160. The van der Waals surface area contributed by atoms with Crippen molar-refractivity contribution >= 4 is 0 Å². The van der Waals surface area contributed by atoms with Crippen molar-refractivity contribution in [2.45, 2.75) is 52.5 Å². The lowest BCUT2D eigenvalue weighted by molar-refractivity contribution is -0.0169. The predicted molar refractivity (Wildman–Crippen MR) is 88.8 cm³/mol. The van der Waals surface area contributed by atoms with E-state index in [1.54, 1.807) is 7.11 Å². The zero-order chi connectivity index (χ0) is 15.6. The summed E-state index contributed by atoms with van der Waals surface area (Å²) in [6, 6.07) is 0.668. The first kappa shape index (κ1) is 18.9. The van der Waals surface area contributed by atoms with Crippen LogP contribution in [0.15, 0.2) is 0 Å². The van der Waals surface area contributed by atoms with Gasteiger partial charge in [-0.15, -0.1) is 0 Å². The van der Waals surface area contributed by atoms with Crippen molar-refractivity contribution in [3.63, 3.8) is 0 Å². The van der Waals surface area contributed by atoms with E-state index < -0.39 is 0 Å². The highest BCUT2D eigenvalue weighted by Gasteiger charge is 2.35. The maximum absolute atomic E-state index is 5.61. The van der Waals surface area contributed by atoms with Crippen LogP contribution in [0.25, 0.3) is 0 Å². The van der Waals surface area contributed by atoms with Crippen LogP contribution < -0.4 is 5.32 Å². The van der Waals surface area contributed by atoms with Crippen LogP contribution in [-0.2, 0) is 9.47 Å². The summed E-state index contributed by atoms with van der Waals surface area (Å²) in [6.45, 7) is 13.8. The van der Waals surface area contributed by atoms with E-state index in [4.69, 9.17) is 9.47 Å². The van der Waals surface area contributed by atoms with E-state index in [0.717, 1.165) is 39.5 Å². The first-order valence-electron chi connectivity index (χ1n) is 8.72. The molecule has 1 aliphatic rings. The molecule has 126 valence electrons. The van der Waals surface area contributed by atoms with Gasteiger partial charge in [0.1, 0.15) is 0 Å². The van der Waals surface area contributed by atoms with E-state index in [1.807, 2.05) is 0 Å². The number of nitrogens with zero attached hydrogens (tertiary/aromatic N) is 1. The number of methoxy groups -OCH3 is 1. The maximum Gasteiger partial charge on any atom is 0.0589 e. The number of nitrogens with one attached hydrogen (secondary N) is 1. The third kappa shape index (κ3) is 6.23. The molecule has 0 aromatic rings. The van der Waals surface area contributed by atoms with Gasteiger partial charge in [-0.1, -0.05) is 20.8 Å². The van der Waals surface area contributed by atoms with Crippen LogP contribution in [-0.4, -0.2) is 64.1 Å². The second kappa shape index (κ2) is 10.5. The summed E-state index contributed by atoms with van der Waals surface area (Å²) in [5, 5.41) is 3.58. The molecule has 0 atom stereocenters. The van der Waals surface area contributed by atoms with E-state index in [2.05, 4.69) is 31.0 Å². The number of hydrogen-bond donors (Lipinski definition) is 1. The Kier molecular flexibility index (Phi) is 9.49. The molecule has 1 fully saturated rings. The molecule has 0 amide bonds. The Balaban J connectivity index is 2.73. The molecule has 1 aliphatic heterocycles. The van der Waals surface area contributed by atoms with Crippen LogP contribution in [0.4, 0.5) is 0 Å². The summed E-state index contributed by atoms with van der Waals surface area (Å²) in [5.41, 5.74) is 0.366. The zero-order valence-corrected chi connectivity index (χ0v) is 14.6. The molecule has 0 spiro atoms. The average molecular weight is 300 g/mol. The number of hydrogen-bond acceptors (Lipinski definition) is 4. The third-order valence-electron chi connectivity index (χ3n) is 4.88. The van der Waals surface area contributed by atoms with E-state index in [1.165, 1.54) is 32.2 Å². The molecule has 0 bridgehead atoms. The molecule has 0 aliphatic carbocycles. The largest absolute Gasteiger partial charge is 0.383 e. The van der Waals surface area contributed by atoms with Crippen LogP contribution in [0, 0.1) is 5.41 Å². The topological polar surface area (TPSA) is 33.7 Å². The standard InChI is InChI=1S/C17H36N2O2/c1-5-16(6-2)19(10-13-20-4)15-17(14-18-7-3)8-11-21-12-9-17/h16,18H,5-15H2,1-4H3. The maximum atomic E-state index is 5.61. The molecule has 1 rings (SSSR count). The molecule has 1 saturated heterocycles. The van der Waals surface area contributed by atoms with Crippen molar-refractivity contribution in [1.29, 1.82) is 0 Å². The lowest BCUT2D eigenvalue weighted by Crippen LogP contribution is -2.50. The molecule has 0 unspecified atom stereocenters. The van der Waals surface area contributed by atoms with E-state index in [0.29, 0.717) is 11.5 Å². The molecule has 4 nitrogen and oxygen atoms in total. The minimum Gasteiger partial charge on any atom is -0.383 e. The Bertz CT molecular complexity index is 251. The predicted octanol–water partition coefficient (Wildman–Crippen LogP) is 2.53. The van der Waals surface area contributed by atoms with Gasteiger partial charge < -0.3 is 14.8 Å². The molecule has 4 heteroatoms. The minimum absolute atomic E-state index is 0.366. The summed E-state index contributed by atoms with van der Waals surface area (Å²) < 4.78 is 10.9. The van der Waals surface area contributed by atoms with Crippen molar-refractivity contribution < 1.29 is 9.47 Å². The van der Waals surface area contributed by atoms with Gasteiger partial charge in [0, 0.05) is 46.0 Å². The summed E-state index contributed by atoms with van der Waals surface area (Å²) in [6.07, 6.45) is 4.77. The van der Waals surface area contributed by atoms with Gasteiger partial charge in [-0.2, -0.15) is 0 Å². The number of rotatable bonds is 11. The molecular formula is C17H36N2O2. The molecule has 1 heterocycles. The summed E-state index contributed by atoms with van der Waals surface area (Å²) in [5.74, 6) is 0. The second-order valence-electron chi connectivity index (χ2n) is 6.33. The summed E-state index contributed by atoms with van der Waals surface area (Å²) in [7, 11) is 1.80. The number of ether oxygens (including phenoxy) is 2. The van der Waals surface area contributed by atoms with Crippen molar-refractivity contribution in [1.82, 2.24) is 10.2 Å². The van der Waals surface area contributed by atoms with Gasteiger partial charge in [0.05, 0.1) is 6.61 Å². The molecular weight excluding hydrogens is 264 g/mol. The van der Waals surface area contributed by atoms with Gasteiger partial charge in [-0.25, -0.2) is 0 Å². The molecule has 1 N–H and O–H groups in total. The zero-order valence-electron chi connectivity index (χ0n) is 14.6. The molecule has 0 radical (unpaired) electrons. The highest BCUT2D eigenvalue weighted by molar-refractivity contribution is 4.88. The molecule has 21 heavy (non-hydrogen) atoms. The van der Waals surface area contributed by atoms with Crippen molar-refractivity contribution in [3.8, 4) is 0 Å². The van der Waals surface area contributed by atoms with Crippen LogP contribution >= 0.6 is 0 Å². The van der Waals surface area contributed by atoms with E-state index in [-0.39, 0.29) is 0 Å². The lowest BCUT2D eigenvalue weighted by atomic mass is 9.79. The second-order valence-corrected chi connectivity index (χ2v) is 6.33. The van der Waals surface area contributed by atoms with Crippen LogP contribution in [0.2, 0.25) is 0 Å². The minimum atomic E-state index is 0.366. The fourth-order valence-corrected chi connectivity index (χ4v) is 3.42. The fourth-order valence-electron chi connectivity index (χ4n) is 3.42. The lowest BCUT2D eigenvalue weighted by Gasteiger charge is -2.43. The Morgan fingerprint density at radius 1 is 1.19 bits per heavy atom. The van der Waals surface area contributed by atoms with Crippen LogP contribution in [0.3, 0.4) is 0 Å². The van der Waals surface area contributed by atoms with Gasteiger partial charge in [-0.3, -0.25) is 4.90 Å². The van der Waals surface area contributed by atoms with E-state index in [9.17, 15) is 0 Å². The average Bonchev–Trinajstić information content (AvgIpc) is 2.52. The Labute approximate surface area is 131 Å². The highest BCUT2D eigenvalue weighted by Crippen LogP contribution is 2.32. The van der Waals surface area contributed by atoms with Gasteiger partial charge in [0.2, 0.25) is 0 Å². The van der Waals surface area contributed by atoms with Crippen molar-refractivity contribution in [2.24, 2.45) is 5.41 Å². The normalized spacial score (nSPS) is 18.6. The highest BCUT2D eigenvalue weighted by atomic mass is 16.5. The van der Waals surface area contributed by atoms with Crippen LogP contribution in [0.5, 0.6) is 0 Å². The summed E-state index contributed by atoms with van der Waals surface area (Å²) >= 11 is 0. The third-order valence-corrected chi connectivity index (χ3v) is 4.88. The first-order chi connectivity index (χ1) is 10.2. The monoisotopic (exact) mass is 300 g/mol. The smallest absolute Gasteiger partial charge is 0.0589 e. The molecule has 0 aromatic carbocycles. The molecule has 0 saturated carbocycles. The SMILES string of the molecule is CCNCC1(CN(CCOC)C(CC)CC)CCOCC1.